The highest BCUT2D eigenvalue weighted by molar-refractivity contribution is 6.05. The third-order valence-electron chi connectivity index (χ3n) is 6.57. The van der Waals surface area contributed by atoms with Gasteiger partial charge in [0, 0.05) is 18.5 Å². The molecule has 1 saturated heterocycles. The van der Waals surface area contributed by atoms with E-state index in [0.717, 1.165) is 22.3 Å². The largest absolute Gasteiger partial charge is 0.508 e. The molecule has 2 amide bonds. The Kier molecular flexibility index (Phi) is 7.89. The van der Waals surface area contributed by atoms with Crippen molar-refractivity contribution in [2.45, 2.75) is 32.4 Å². The fourth-order valence-corrected chi connectivity index (χ4v) is 4.73. The van der Waals surface area contributed by atoms with E-state index in [9.17, 15) is 19.8 Å². The van der Waals surface area contributed by atoms with Gasteiger partial charge in [-0.25, -0.2) is 0 Å². The van der Waals surface area contributed by atoms with Crippen molar-refractivity contribution in [1.82, 2.24) is 10.2 Å². The fourth-order valence-electron chi connectivity index (χ4n) is 4.73. The Bertz CT molecular complexity index is 1300. The Morgan fingerprint density at radius 1 is 1.08 bits per heavy atom. The third-order valence-corrected chi connectivity index (χ3v) is 6.57. The van der Waals surface area contributed by atoms with Gasteiger partial charge in [0.15, 0.2) is 0 Å². The molecule has 0 spiro atoms. The lowest BCUT2D eigenvalue weighted by Gasteiger charge is -2.24. The standard InChI is InChI=1S/C29H31N3O5/c1-18-6-4-7-19(2)27(18)20-10-12-21(13-11-20)29(36)32-17-23(31-37-3)15-25(32)28(35)30-16-26(34)22-8-5-9-24(33)14-22/h4-14,25-26,33-34H,15-17H2,1-3H3,(H,30,35)/b31-23+. The monoisotopic (exact) mass is 501 g/mol. The van der Waals surface area contributed by atoms with Crippen molar-refractivity contribution in [2.24, 2.45) is 5.16 Å². The first-order valence-corrected chi connectivity index (χ1v) is 12.1. The minimum atomic E-state index is -1.01. The summed E-state index contributed by atoms with van der Waals surface area (Å²) in [6.45, 7) is 4.21. The molecule has 8 nitrogen and oxygen atoms in total. The van der Waals surface area contributed by atoms with E-state index in [1.165, 1.54) is 24.1 Å². The topological polar surface area (TPSA) is 111 Å². The molecule has 0 saturated carbocycles. The Hall–Kier alpha value is -4.17. The van der Waals surface area contributed by atoms with Gasteiger partial charge in [0.1, 0.15) is 18.9 Å². The number of nitrogens with one attached hydrogen (secondary N) is 1. The number of phenolic OH excluding ortho intramolecular Hbond substituents is 1. The average molecular weight is 502 g/mol. The van der Waals surface area contributed by atoms with Crippen LogP contribution >= 0.6 is 0 Å². The van der Waals surface area contributed by atoms with E-state index in [-0.39, 0.29) is 31.2 Å². The first-order valence-electron chi connectivity index (χ1n) is 12.1. The second kappa shape index (κ2) is 11.3. The zero-order valence-corrected chi connectivity index (χ0v) is 21.1. The second-order valence-electron chi connectivity index (χ2n) is 9.19. The van der Waals surface area contributed by atoms with Gasteiger partial charge in [0.05, 0.1) is 18.4 Å². The van der Waals surface area contributed by atoms with Crippen molar-refractivity contribution in [2.75, 3.05) is 20.2 Å². The summed E-state index contributed by atoms with van der Waals surface area (Å²) in [4.78, 5) is 32.9. The van der Waals surface area contributed by atoms with E-state index in [2.05, 4.69) is 36.5 Å². The van der Waals surface area contributed by atoms with Crippen LogP contribution in [-0.2, 0) is 9.63 Å². The van der Waals surface area contributed by atoms with E-state index in [0.29, 0.717) is 16.8 Å². The van der Waals surface area contributed by atoms with Crippen LogP contribution in [0.1, 0.15) is 39.6 Å². The number of carbonyl (C=O) groups is 2. The summed E-state index contributed by atoms with van der Waals surface area (Å²) in [5, 5.41) is 26.8. The van der Waals surface area contributed by atoms with Crippen molar-refractivity contribution in [3.8, 4) is 16.9 Å². The number of aliphatic hydroxyl groups excluding tert-OH is 1. The number of aryl methyl sites for hydroxylation is 2. The first kappa shape index (κ1) is 25.9. The van der Waals surface area contributed by atoms with Crippen molar-refractivity contribution in [3.63, 3.8) is 0 Å². The lowest BCUT2D eigenvalue weighted by molar-refractivity contribution is -0.125. The fraction of sp³-hybridized carbons (Fsp3) is 0.276. The van der Waals surface area contributed by atoms with Crippen LogP contribution in [0.5, 0.6) is 5.75 Å². The molecule has 1 heterocycles. The van der Waals surface area contributed by atoms with Crippen molar-refractivity contribution in [1.29, 1.82) is 0 Å². The molecule has 192 valence electrons. The van der Waals surface area contributed by atoms with Crippen LogP contribution in [0.15, 0.2) is 71.9 Å². The van der Waals surface area contributed by atoms with Crippen LogP contribution in [0.2, 0.25) is 0 Å². The van der Waals surface area contributed by atoms with E-state index < -0.39 is 18.1 Å². The zero-order chi connectivity index (χ0) is 26.5. The molecule has 2 unspecified atom stereocenters. The first-order chi connectivity index (χ1) is 17.8. The van der Waals surface area contributed by atoms with Crippen LogP contribution in [0.4, 0.5) is 0 Å². The van der Waals surface area contributed by atoms with Crippen LogP contribution in [0.25, 0.3) is 11.1 Å². The maximum Gasteiger partial charge on any atom is 0.254 e. The van der Waals surface area contributed by atoms with Gasteiger partial charge < -0.3 is 25.3 Å². The molecule has 8 heteroatoms. The molecule has 2 atom stereocenters. The van der Waals surface area contributed by atoms with Gasteiger partial charge in [-0.3, -0.25) is 9.59 Å². The number of hydrogen-bond donors (Lipinski definition) is 3. The molecular formula is C29H31N3O5. The number of carbonyl (C=O) groups excluding carboxylic acids is 2. The highest BCUT2D eigenvalue weighted by Gasteiger charge is 2.38. The van der Waals surface area contributed by atoms with Crippen LogP contribution in [0, 0.1) is 13.8 Å². The number of benzene rings is 3. The molecule has 0 aromatic heterocycles. The van der Waals surface area contributed by atoms with Gasteiger partial charge in [-0.2, -0.15) is 0 Å². The molecule has 1 aliphatic rings. The van der Waals surface area contributed by atoms with Crippen molar-refractivity contribution >= 4 is 17.5 Å². The third kappa shape index (κ3) is 5.81. The molecule has 3 N–H and O–H groups in total. The molecule has 4 rings (SSSR count). The van der Waals surface area contributed by atoms with Gasteiger partial charge in [-0.05, 0) is 65.9 Å². The number of hydrogen-bond acceptors (Lipinski definition) is 6. The van der Waals surface area contributed by atoms with E-state index in [4.69, 9.17) is 4.84 Å². The summed E-state index contributed by atoms with van der Waals surface area (Å²) >= 11 is 0. The quantitative estimate of drug-likeness (QED) is 0.427. The van der Waals surface area contributed by atoms with Crippen LogP contribution < -0.4 is 5.32 Å². The normalized spacial score (nSPS) is 17.0. The van der Waals surface area contributed by atoms with Gasteiger partial charge in [-0.1, -0.05) is 47.6 Å². The minimum absolute atomic E-state index is 0.0273. The zero-order valence-electron chi connectivity index (χ0n) is 21.1. The number of amides is 2. The molecule has 1 aliphatic heterocycles. The Labute approximate surface area is 216 Å². The number of nitrogens with zero attached hydrogens (tertiary/aromatic N) is 2. The number of aromatic hydroxyl groups is 1. The van der Waals surface area contributed by atoms with Gasteiger partial charge >= 0.3 is 0 Å². The van der Waals surface area contributed by atoms with Gasteiger partial charge in [0.2, 0.25) is 5.91 Å². The lowest BCUT2D eigenvalue weighted by atomic mass is 9.95. The highest BCUT2D eigenvalue weighted by Crippen LogP contribution is 2.28. The summed E-state index contributed by atoms with van der Waals surface area (Å²) in [6, 6.07) is 18.9. The average Bonchev–Trinajstić information content (AvgIpc) is 3.31. The number of likely N-dealkylation sites (tertiary alicyclic amines) is 1. The van der Waals surface area contributed by atoms with Crippen molar-refractivity contribution < 1.29 is 24.6 Å². The number of oxime groups is 1. The second-order valence-corrected chi connectivity index (χ2v) is 9.19. The molecule has 37 heavy (non-hydrogen) atoms. The van der Waals surface area contributed by atoms with E-state index in [1.807, 2.05) is 18.2 Å². The molecule has 0 radical (unpaired) electrons. The van der Waals surface area contributed by atoms with Gasteiger partial charge in [0.25, 0.3) is 5.91 Å². The van der Waals surface area contributed by atoms with Crippen LogP contribution in [0.3, 0.4) is 0 Å². The number of rotatable bonds is 7. The lowest BCUT2D eigenvalue weighted by Crippen LogP contribution is -2.46. The predicted octanol–water partition coefficient (Wildman–Crippen LogP) is 3.74. The summed E-state index contributed by atoms with van der Waals surface area (Å²) in [5.74, 6) is -0.663. The summed E-state index contributed by atoms with van der Waals surface area (Å²) in [6.07, 6.45) is -0.778. The maximum atomic E-state index is 13.5. The SMILES string of the molecule is CO/N=C1\CC(C(=O)NCC(O)c2cccc(O)c2)N(C(=O)c2ccc(-c3c(C)cccc3C)cc2)C1. The van der Waals surface area contributed by atoms with E-state index >= 15 is 0 Å². The smallest absolute Gasteiger partial charge is 0.254 e. The summed E-state index contributed by atoms with van der Waals surface area (Å²) in [7, 11) is 1.42. The summed E-state index contributed by atoms with van der Waals surface area (Å²) < 4.78 is 0. The van der Waals surface area contributed by atoms with E-state index in [1.54, 1.807) is 24.3 Å². The summed E-state index contributed by atoms with van der Waals surface area (Å²) in [5.41, 5.74) is 5.99. The molecule has 3 aromatic carbocycles. The van der Waals surface area contributed by atoms with Gasteiger partial charge in [-0.15, -0.1) is 0 Å². The molecule has 3 aromatic rings. The Balaban J connectivity index is 1.50. The van der Waals surface area contributed by atoms with Crippen molar-refractivity contribution in [3.05, 3.63) is 89.0 Å². The maximum absolute atomic E-state index is 13.5. The molecular weight excluding hydrogens is 470 g/mol. The predicted molar refractivity (Wildman–Crippen MR) is 141 cm³/mol. The minimum Gasteiger partial charge on any atom is -0.508 e. The highest BCUT2D eigenvalue weighted by atomic mass is 16.6. The number of aliphatic hydroxyl groups is 1. The molecule has 1 fully saturated rings. The van der Waals surface area contributed by atoms with Crippen LogP contribution in [-0.4, -0.2) is 58.9 Å². The number of phenols is 1. The molecule has 0 aliphatic carbocycles. The Morgan fingerprint density at radius 2 is 1.76 bits per heavy atom. The Morgan fingerprint density at radius 3 is 2.41 bits per heavy atom. The molecule has 0 bridgehead atoms.